The van der Waals surface area contributed by atoms with Gasteiger partial charge in [0.25, 0.3) is 0 Å². The highest BCUT2D eigenvalue weighted by atomic mass is 19.1. The van der Waals surface area contributed by atoms with Gasteiger partial charge in [0.2, 0.25) is 0 Å². The Labute approximate surface area is 152 Å². The molecule has 1 aliphatic rings. The van der Waals surface area contributed by atoms with E-state index in [9.17, 15) is 9.50 Å². The number of piperazine rings is 1. The molecule has 1 aliphatic heterocycles. The first-order valence-electron chi connectivity index (χ1n) is 9.10. The van der Waals surface area contributed by atoms with Gasteiger partial charge in [0.1, 0.15) is 5.82 Å². The minimum atomic E-state index is -0.511. The number of benzene rings is 2. The fourth-order valence-corrected chi connectivity index (χ4v) is 3.90. The Morgan fingerprint density at radius 1 is 1.04 bits per heavy atom. The number of halogens is 1. The van der Waals surface area contributed by atoms with Crippen molar-refractivity contribution in [2.75, 3.05) is 37.6 Å². The third-order valence-electron chi connectivity index (χ3n) is 5.27. The van der Waals surface area contributed by atoms with Gasteiger partial charge < -0.3 is 15.0 Å². The lowest BCUT2D eigenvalue weighted by Crippen LogP contribution is -2.47. The maximum absolute atomic E-state index is 13.1. The molecule has 0 spiro atoms. The van der Waals surface area contributed by atoms with Crippen molar-refractivity contribution in [2.45, 2.75) is 13.0 Å². The quantitative estimate of drug-likeness (QED) is 0.755. The number of hydrogen-bond acceptors (Lipinski definition) is 3. The molecule has 1 unspecified atom stereocenters. The van der Waals surface area contributed by atoms with Gasteiger partial charge in [-0.25, -0.2) is 4.39 Å². The fourth-order valence-electron chi connectivity index (χ4n) is 3.90. The number of nitrogens with zero attached hydrogens (tertiary/aromatic N) is 2. The number of aliphatic hydroxyl groups excluding tert-OH is 1. The van der Waals surface area contributed by atoms with Crippen LogP contribution in [0.15, 0.2) is 48.5 Å². The van der Waals surface area contributed by atoms with E-state index in [1.807, 2.05) is 37.3 Å². The van der Waals surface area contributed by atoms with Crippen LogP contribution in [0.5, 0.6) is 0 Å². The van der Waals surface area contributed by atoms with Crippen molar-refractivity contribution < 1.29 is 9.50 Å². The largest absolute Gasteiger partial charge is 0.387 e. The van der Waals surface area contributed by atoms with Crippen LogP contribution in [0.1, 0.15) is 17.4 Å². The Morgan fingerprint density at radius 3 is 2.46 bits per heavy atom. The maximum Gasteiger partial charge on any atom is 0.123 e. The number of β-amino-alcohol motifs (C(OH)–C–C–N with tert-alkyl or cyclic N) is 1. The van der Waals surface area contributed by atoms with Crippen LogP contribution in [-0.4, -0.2) is 47.7 Å². The van der Waals surface area contributed by atoms with Crippen LogP contribution in [0.2, 0.25) is 0 Å². The molecular weight excluding hydrogens is 329 g/mol. The average Bonchev–Trinajstić information content (AvgIpc) is 2.99. The van der Waals surface area contributed by atoms with Crippen molar-refractivity contribution in [2.24, 2.45) is 0 Å². The zero-order valence-electron chi connectivity index (χ0n) is 15.0. The summed E-state index contributed by atoms with van der Waals surface area (Å²) in [4.78, 5) is 7.92. The van der Waals surface area contributed by atoms with E-state index in [1.54, 1.807) is 0 Å². The molecule has 1 saturated heterocycles. The summed E-state index contributed by atoms with van der Waals surface area (Å²) < 4.78 is 13.1. The molecule has 0 saturated carbocycles. The van der Waals surface area contributed by atoms with E-state index in [0.29, 0.717) is 6.54 Å². The van der Waals surface area contributed by atoms with Gasteiger partial charge in [0, 0.05) is 60.6 Å². The summed E-state index contributed by atoms with van der Waals surface area (Å²) >= 11 is 0. The van der Waals surface area contributed by atoms with Crippen LogP contribution in [0.25, 0.3) is 10.9 Å². The summed E-state index contributed by atoms with van der Waals surface area (Å²) in [5.41, 5.74) is 4.16. The standard InChI is InChI=1S/C21H24FN3O/c1-15-21(18-4-2-3-5-19(18)23-15)20(26)14-24-10-12-25(13-11-24)17-8-6-16(22)7-9-17/h2-9,20,23,26H,10-14H2,1H3. The van der Waals surface area contributed by atoms with Gasteiger partial charge in [-0.15, -0.1) is 0 Å². The van der Waals surface area contributed by atoms with Gasteiger partial charge in [-0.1, -0.05) is 18.2 Å². The average molecular weight is 353 g/mol. The van der Waals surface area contributed by atoms with Crippen molar-refractivity contribution in [1.82, 2.24) is 9.88 Å². The second-order valence-electron chi connectivity index (χ2n) is 6.99. The Hall–Kier alpha value is -2.37. The Balaban J connectivity index is 1.41. The molecule has 2 aromatic carbocycles. The molecular formula is C21H24FN3O. The van der Waals surface area contributed by atoms with Gasteiger partial charge in [0.05, 0.1) is 6.10 Å². The number of para-hydroxylation sites is 1. The van der Waals surface area contributed by atoms with Gasteiger partial charge in [0.15, 0.2) is 0 Å². The van der Waals surface area contributed by atoms with E-state index in [-0.39, 0.29) is 5.82 Å². The van der Waals surface area contributed by atoms with Crippen LogP contribution in [0.4, 0.5) is 10.1 Å². The number of nitrogens with one attached hydrogen (secondary N) is 1. The molecule has 1 atom stereocenters. The van der Waals surface area contributed by atoms with E-state index >= 15 is 0 Å². The predicted octanol–water partition coefficient (Wildman–Crippen LogP) is 3.47. The van der Waals surface area contributed by atoms with Crippen LogP contribution in [-0.2, 0) is 0 Å². The Kier molecular flexibility index (Phi) is 4.66. The third-order valence-corrected chi connectivity index (χ3v) is 5.27. The lowest BCUT2D eigenvalue weighted by molar-refractivity contribution is 0.110. The number of anilines is 1. The monoisotopic (exact) mass is 353 g/mol. The molecule has 5 heteroatoms. The molecule has 26 heavy (non-hydrogen) atoms. The summed E-state index contributed by atoms with van der Waals surface area (Å²) in [6.45, 7) is 6.17. The van der Waals surface area contributed by atoms with Crippen LogP contribution >= 0.6 is 0 Å². The van der Waals surface area contributed by atoms with E-state index in [0.717, 1.165) is 54.0 Å². The number of aliphatic hydroxyl groups is 1. The molecule has 136 valence electrons. The van der Waals surface area contributed by atoms with Gasteiger partial charge in [-0.2, -0.15) is 0 Å². The zero-order chi connectivity index (χ0) is 18.1. The number of fused-ring (bicyclic) bond motifs is 1. The van der Waals surface area contributed by atoms with Crippen molar-refractivity contribution in [1.29, 1.82) is 0 Å². The van der Waals surface area contributed by atoms with Crippen LogP contribution in [0, 0.1) is 12.7 Å². The number of rotatable bonds is 4. The fraction of sp³-hybridized carbons (Fsp3) is 0.333. The lowest BCUT2D eigenvalue weighted by Gasteiger charge is -2.37. The highest BCUT2D eigenvalue weighted by molar-refractivity contribution is 5.84. The summed E-state index contributed by atoms with van der Waals surface area (Å²) in [6.07, 6.45) is -0.511. The number of H-pyrrole nitrogens is 1. The summed E-state index contributed by atoms with van der Waals surface area (Å²) in [5, 5.41) is 11.9. The molecule has 0 bridgehead atoms. The molecule has 3 aromatic rings. The minimum Gasteiger partial charge on any atom is -0.387 e. The predicted molar refractivity (Wildman–Crippen MR) is 103 cm³/mol. The molecule has 2 N–H and O–H groups in total. The summed E-state index contributed by atoms with van der Waals surface area (Å²) in [5.74, 6) is -0.204. The minimum absolute atomic E-state index is 0.204. The smallest absolute Gasteiger partial charge is 0.123 e. The lowest BCUT2D eigenvalue weighted by atomic mass is 10.0. The van der Waals surface area contributed by atoms with Crippen molar-refractivity contribution >= 4 is 16.6 Å². The summed E-state index contributed by atoms with van der Waals surface area (Å²) in [6, 6.07) is 14.8. The first kappa shape index (κ1) is 17.1. The third kappa shape index (κ3) is 3.32. The van der Waals surface area contributed by atoms with Crippen molar-refractivity contribution in [3.05, 3.63) is 65.6 Å². The molecule has 4 rings (SSSR count). The molecule has 1 aromatic heterocycles. The van der Waals surface area contributed by atoms with E-state index < -0.39 is 6.10 Å². The second-order valence-corrected chi connectivity index (χ2v) is 6.99. The second kappa shape index (κ2) is 7.09. The first-order chi connectivity index (χ1) is 12.6. The number of aromatic nitrogens is 1. The van der Waals surface area contributed by atoms with E-state index in [2.05, 4.69) is 20.9 Å². The maximum atomic E-state index is 13.1. The van der Waals surface area contributed by atoms with Crippen molar-refractivity contribution in [3.8, 4) is 0 Å². The molecule has 4 nitrogen and oxygen atoms in total. The molecule has 0 amide bonds. The van der Waals surface area contributed by atoms with Crippen molar-refractivity contribution in [3.63, 3.8) is 0 Å². The highest BCUT2D eigenvalue weighted by Crippen LogP contribution is 2.28. The van der Waals surface area contributed by atoms with Gasteiger partial charge in [-0.3, -0.25) is 4.90 Å². The molecule has 0 radical (unpaired) electrons. The Morgan fingerprint density at radius 2 is 1.73 bits per heavy atom. The molecule has 2 heterocycles. The number of hydrogen-bond donors (Lipinski definition) is 2. The highest BCUT2D eigenvalue weighted by Gasteiger charge is 2.23. The van der Waals surface area contributed by atoms with Gasteiger partial charge in [-0.05, 0) is 37.3 Å². The number of aryl methyl sites for hydroxylation is 1. The molecule has 0 aliphatic carbocycles. The Bertz CT molecular complexity index is 882. The van der Waals surface area contributed by atoms with Crippen LogP contribution in [0.3, 0.4) is 0 Å². The molecule has 1 fully saturated rings. The first-order valence-corrected chi connectivity index (χ1v) is 9.10. The van der Waals surface area contributed by atoms with E-state index in [1.165, 1.54) is 12.1 Å². The number of aromatic amines is 1. The topological polar surface area (TPSA) is 42.5 Å². The normalized spacial score (nSPS) is 17.0. The van der Waals surface area contributed by atoms with Gasteiger partial charge >= 0.3 is 0 Å². The van der Waals surface area contributed by atoms with Crippen LogP contribution < -0.4 is 4.90 Å². The summed E-state index contributed by atoms with van der Waals surface area (Å²) in [7, 11) is 0. The van der Waals surface area contributed by atoms with E-state index in [4.69, 9.17) is 0 Å². The SMILES string of the molecule is Cc1[nH]c2ccccc2c1C(O)CN1CCN(c2ccc(F)cc2)CC1. The zero-order valence-corrected chi connectivity index (χ0v) is 15.0.